The molecule has 2 aromatic heterocycles. The Kier molecular flexibility index (Phi) is 6.17. The summed E-state index contributed by atoms with van der Waals surface area (Å²) in [4.78, 5) is 30.2. The monoisotopic (exact) mass is 604 g/mol. The van der Waals surface area contributed by atoms with Gasteiger partial charge in [0.15, 0.2) is 5.82 Å². The number of anilines is 1. The first-order valence-corrected chi connectivity index (χ1v) is 15.1. The van der Waals surface area contributed by atoms with E-state index in [-0.39, 0.29) is 47.1 Å². The third kappa shape index (κ3) is 4.10. The lowest BCUT2D eigenvalue weighted by Crippen LogP contribution is -2.48. The number of carbonyl (C=O) groups excluding carboxylic acids is 1. The highest BCUT2D eigenvalue weighted by Gasteiger charge is 2.50. The molecule has 2 bridgehead atoms. The van der Waals surface area contributed by atoms with E-state index in [0.29, 0.717) is 59.9 Å². The lowest BCUT2D eigenvalue weighted by Gasteiger charge is -2.31. The number of ether oxygens (including phenoxy) is 1. The van der Waals surface area contributed by atoms with Crippen LogP contribution in [0.4, 0.5) is 19.0 Å². The molecule has 0 aliphatic carbocycles. The molecule has 0 radical (unpaired) electrons. The minimum absolute atomic E-state index is 0.0501. The number of nitrogens with one attached hydrogen (secondary N) is 1. The Morgan fingerprint density at radius 2 is 2.07 bits per heavy atom. The number of aromatic nitrogens is 3. The SMILES string of the molecule is CCc1c(F)ccc2cc(O)cc(-c3ncc4c(N5C[C@H]6C[C@@H]5C(=O)N6)nc(OC[C@@]56CCCN5C[C@H](F)C6)nc4c3F)c12. The van der Waals surface area contributed by atoms with Crippen LogP contribution in [0.25, 0.3) is 32.9 Å². The Hall–Kier alpha value is -4.19. The van der Waals surface area contributed by atoms with Gasteiger partial charge in [0.2, 0.25) is 5.91 Å². The van der Waals surface area contributed by atoms with Crippen LogP contribution in [0.2, 0.25) is 0 Å². The zero-order chi connectivity index (χ0) is 30.3. The molecule has 4 saturated heterocycles. The van der Waals surface area contributed by atoms with Gasteiger partial charge in [0.05, 0.1) is 10.9 Å². The molecule has 6 heterocycles. The molecule has 4 aliphatic heterocycles. The van der Waals surface area contributed by atoms with Crippen LogP contribution in [0.5, 0.6) is 11.8 Å². The van der Waals surface area contributed by atoms with Crippen LogP contribution in [0.1, 0.15) is 38.2 Å². The Morgan fingerprint density at radius 1 is 1.20 bits per heavy atom. The number of piperazine rings is 1. The number of pyridine rings is 1. The van der Waals surface area contributed by atoms with Gasteiger partial charge in [0.1, 0.15) is 47.4 Å². The van der Waals surface area contributed by atoms with E-state index in [1.54, 1.807) is 6.07 Å². The summed E-state index contributed by atoms with van der Waals surface area (Å²) in [5, 5.41) is 14.8. The number of rotatable bonds is 6. The molecule has 1 amide bonds. The third-order valence-electron chi connectivity index (χ3n) is 9.86. The fourth-order valence-corrected chi connectivity index (χ4v) is 7.89. The number of hydrogen-bond donors (Lipinski definition) is 2. The van der Waals surface area contributed by atoms with Crippen molar-refractivity contribution >= 4 is 33.4 Å². The summed E-state index contributed by atoms with van der Waals surface area (Å²) in [6, 6.07) is 5.17. The predicted molar refractivity (Wildman–Crippen MR) is 157 cm³/mol. The molecule has 4 aromatic rings. The van der Waals surface area contributed by atoms with Gasteiger partial charge >= 0.3 is 6.01 Å². The van der Waals surface area contributed by atoms with Crippen LogP contribution in [0.15, 0.2) is 30.5 Å². The average molecular weight is 605 g/mol. The maximum absolute atomic E-state index is 16.7. The maximum atomic E-state index is 16.7. The fraction of sp³-hybridized carbons (Fsp3) is 0.438. The summed E-state index contributed by atoms with van der Waals surface area (Å²) < 4.78 is 52.2. The summed E-state index contributed by atoms with van der Waals surface area (Å²) in [6.45, 7) is 3.61. The van der Waals surface area contributed by atoms with Crippen LogP contribution in [0.3, 0.4) is 0 Å². The molecule has 9 nitrogen and oxygen atoms in total. The van der Waals surface area contributed by atoms with Crippen molar-refractivity contribution in [2.75, 3.05) is 31.1 Å². The average Bonchev–Trinajstić information content (AvgIpc) is 3.75. The summed E-state index contributed by atoms with van der Waals surface area (Å²) in [5.74, 6) is -1.12. The minimum Gasteiger partial charge on any atom is -0.508 e. The number of aryl methyl sites for hydroxylation is 1. The number of phenolic OH excluding ortho intramolecular Hbond substituents is 1. The van der Waals surface area contributed by atoms with E-state index in [9.17, 15) is 18.7 Å². The van der Waals surface area contributed by atoms with E-state index in [1.165, 1.54) is 24.4 Å². The van der Waals surface area contributed by atoms with Crippen LogP contribution in [-0.2, 0) is 11.2 Å². The Bertz CT molecular complexity index is 1860. The van der Waals surface area contributed by atoms with Gasteiger partial charge in [-0.1, -0.05) is 13.0 Å². The molecule has 0 saturated carbocycles. The zero-order valence-electron chi connectivity index (χ0n) is 24.1. The fourth-order valence-electron chi connectivity index (χ4n) is 7.89. The number of halogens is 3. The number of hydrogen-bond acceptors (Lipinski definition) is 8. The highest BCUT2D eigenvalue weighted by Crippen LogP contribution is 2.42. The van der Waals surface area contributed by atoms with Crippen LogP contribution < -0.4 is 15.0 Å². The molecule has 8 rings (SSSR count). The lowest BCUT2D eigenvalue weighted by atomic mass is 9.94. The normalized spacial score (nSPS) is 26.2. The molecule has 2 aromatic carbocycles. The van der Waals surface area contributed by atoms with Gasteiger partial charge in [-0.25, -0.2) is 13.2 Å². The summed E-state index contributed by atoms with van der Waals surface area (Å²) >= 11 is 0. The number of fused-ring (bicyclic) bond motifs is 5. The van der Waals surface area contributed by atoms with Gasteiger partial charge in [0, 0.05) is 37.3 Å². The molecular formula is C32H31F3N6O3. The van der Waals surface area contributed by atoms with E-state index in [1.807, 2.05) is 11.8 Å². The number of alkyl halides is 1. The second-order valence-corrected chi connectivity index (χ2v) is 12.5. The highest BCUT2D eigenvalue weighted by molar-refractivity contribution is 6.02. The van der Waals surface area contributed by atoms with Crippen molar-refractivity contribution in [1.29, 1.82) is 0 Å². The molecule has 0 spiro atoms. The van der Waals surface area contributed by atoms with Crippen molar-refractivity contribution in [3.05, 3.63) is 47.7 Å². The van der Waals surface area contributed by atoms with E-state index in [0.717, 1.165) is 19.4 Å². The van der Waals surface area contributed by atoms with E-state index < -0.39 is 29.4 Å². The van der Waals surface area contributed by atoms with E-state index >= 15 is 4.39 Å². The maximum Gasteiger partial charge on any atom is 0.319 e. The second kappa shape index (κ2) is 9.91. The quantitative estimate of drug-likeness (QED) is 0.334. The largest absolute Gasteiger partial charge is 0.508 e. The number of amides is 1. The molecule has 0 unspecified atom stereocenters. The summed E-state index contributed by atoms with van der Waals surface area (Å²) in [7, 11) is 0. The van der Waals surface area contributed by atoms with Crippen molar-refractivity contribution in [1.82, 2.24) is 25.2 Å². The van der Waals surface area contributed by atoms with Gasteiger partial charge in [-0.15, -0.1) is 0 Å². The molecule has 4 atom stereocenters. The number of aromatic hydroxyl groups is 1. The smallest absolute Gasteiger partial charge is 0.319 e. The Labute approximate surface area is 251 Å². The minimum atomic E-state index is -0.938. The zero-order valence-corrected chi connectivity index (χ0v) is 24.1. The number of benzene rings is 2. The molecular weight excluding hydrogens is 573 g/mol. The van der Waals surface area contributed by atoms with Gasteiger partial charge in [-0.05, 0) is 66.8 Å². The standard InChI is InChI=1S/C32H31F3N6O3/c1-2-20-23(34)5-4-16-8-19(42)10-21(25(16)20)27-26(35)28-22(12-36-27)29(41-14-18-9-24(41)30(43)37-18)39-31(38-28)44-15-32-6-3-7-40(32)13-17(33)11-32/h4-5,8,10,12,17-18,24,42H,2-3,6-7,9,11,13-15H2,1H3,(H,37,43)/t17-,18-,24-,32+/m1/s1. The van der Waals surface area contributed by atoms with Crippen molar-refractivity contribution in [3.63, 3.8) is 0 Å². The first-order valence-electron chi connectivity index (χ1n) is 15.1. The Balaban J connectivity index is 1.29. The van der Waals surface area contributed by atoms with Crippen molar-refractivity contribution in [2.45, 2.75) is 62.8 Å². The van der Waals surface area contributed by atoms with Crippen LogP contribution >= 0.6 is 0 Å². The number of carbonyl (C=O) groups is 1. The summed E-state index contributed by atoms with van der Waals surface area (Å²) in [5.41, 5.74) is -0.0220. The molecule has 12 heteroatoms. The van der Waals surface area contributed by atoms with Crippen molar-refractivity contribution in [2.24, 2.45) is 0 Å². The van der Waals surface area contributed by atoms with Crippen LogP contribution in [-0.4, -0.2) is 80.9 Å². The molecule has 228 valence electrons. The first-order chi connectivity index (χ1) is 21.2. The predicted octanol–water partition coefficient (Wildman–Crippen LogP) is 4.42. The van der Waals surface area contributed by atoms with Crippen molar-refractivity contribution < 1.29 is 27.8 Å². The van der Waals surface area contributed by atoms with Gasteiger partial charge in [-0.2, -0.15) is 9.97 Å². The number of phenols is 1. The third-order valence-corrected chi connectivity index (χ3v) is 9.86. The first kappa shape index (κ1) is 27.4. The van der Waals surface area contributed by atoms with Gasteiger partial charge in [0.25, 0.3) is 0 Å². The van der Waals surface area contributed by atoms with Gasteiger partial charge < -0.3 is 20.1 Å². The molecule has 4 aliphatic rings. The molecule has 44 heavy (non-hydrogen) atoms. The molecule has 4 fully saturated rings. The Morgan fingerprint density at radius 3 is 2.86 bits per heavy atom. The second-order valence-electron chi connectivity index (χ2n) is 12.5. The highest BCUT2D eigenvalue weighted by atomic mass is 19.1. The number of nitrogens with zero attached hydrogens (tertiary/aromatic N) is 5. The van der Waals surface area contributed by atoms with Crippen LogP contribution in [0, 0.1) is 11.6 Å². The molecule has 2 N–H and O–H groups in total. The summed E-state index contributed by atoms with van der Waals surface area (Å²) in [6.07, 6.45) is 3.54. The van der Waals surface area contributed by atoms with E-state index in [2.05, 4.69) is 25.2 Å². The van der Waals surface area contributed by atoms with Gasteiger partial charge in [-0.3, -0.25) is 14.7 Å². The van der Waals surface area contributed by atoms with Crippen molar-refractivity contribution in [3.8, 4) is 23.0 Å². The lowest BCUT2D eigenvalue weighted by molar-refractivity contribution is -0.121. The topological polar surface area (TPSA) is 104 Å². The van der Waals surface area contributed by atoms with E-state index in [4.69, 9.17) is 4.74 Å².